The molecule has 0 saturated carbocycles. The molecule has 0 aliphatic heterocycles. The number of hydrogen-bond donors (Lipinski definition) is 1. The zero-order valence-corrected chi connectivity index (χ0v) is 15.7. The van der Waals surface area contributed by atoms with E-state index in [1.54, 1.807) is 14.0 Å². The van der Waals surface area contributed by atoms with Crippen LogP contribution in [-0.2, 0) is 0 Å². The number of rotatable bonds is 7. The third-order valence-corrected chi connectivity index (χ3v) is 5.55. The standard InChI is InChI=1S/C18H16FN3O2S2/c1-11(16(23)12-7-9-13(19)10-8-12)25-18-22-21-17(26-18)20-14-5-3-4-6-15(14)24-2/h3-11H,1-2H3,(H,20,21). The molecule has 3 aromatic rings. The maximum Gasteiger partial charge on any atom is 0.210 e. The van der Waals surface area contributed by atoms with Crippen LogP contribution in [0.4, 0.5) is 15.2 Å². The van der Waals surface area contributed by atoms with E-state index in [1.165, 1.54) is 47.4 Å². The number of para-hydroxylation sites is 2. The van der Waals surface area contributed by atoms with Crippen LogP contribution in [0.25, 0.3) is 0 Å². The van der Waals surface area contributed by atoms with Crippen molar-refractivity contribution in [2.75, 3.05) is 12.4 Å². The van der Waals surface area contributed by atoms with Gasteiger partial charge in [-0.3, -0.25) is 4.79 Å². The highest BCUT2D eigenvalue weighted by molar-refractivity contribution is 8.02. The summed E-state index contributed by atoms with van der Waals surface area (Å²) in [5.74, 6) is 0.263. The Hall–Kier alpha value is -2.45. The zero-order chi connectivity index (χ0) is 18.5. The first kappa shape index (κ1) is 18.3. The summed E-state index contributed by atoms with van der Waals surface area (Å²) in [7, 11) is 1.60. The second kappa shape index (κ2) is 8.29. The SMILES string of the molecule is COc1ccccc1Nc1nnc(SC(C)C(=O)c2ccc(F)cc2)s1. The summed E-state index contributed by atoms with van der Waals surface area (Å²) in [5.41, 5.74) is 1.27. The van der Waals surface area contributed by atoms with Crippen molar-refractivity contribution < 1.29 is 13.9 Å². The Morgan fingerprint density at radius 2 is 1.92 bits per heavy atom. The van der Waals surface area contributed by atoms with E-state index in [-0.39, 0.29) is 16.9 Å². The van der Waals surface area contributed by atoms with E-state index in [9.17, 15) is 9.18 Å². The number of carbonyl (C=O) groups is 1. The number of ether oxygens (including phenoxy) is 1. The molecule has 3 rings (SSSR count). The Kier molecular flexibility index (Phi) is 5.85. The van der Waals surface area contributed by atoms with Crippen molar-refractivity contribution in [2.45, 2.75) is 16.5 Å². The molecule has 1 aromatic heterocycles. The van der Waals surface area contributed by atoms with Crippen LogP contribution in [-0.4, -0.2) is 28.3 Å². The maximum atomic E-state index is 13.0. The number of nitrogens with zero attached hydrogens (tertiary/aromatic N) is 2. The van der Waals surface area contributed by atoms with Crippen molar-refractivity contribution >= 4 is 39.7 Å². The van der Waals surface area contributed by atoms with Gasteiger partial charge < -0.3 is 10.1 Å². The van der Waals surface area contributed by atoms with Crippen molar-refractivity contribution in [2.24, 2.45) is 0 Å². The van der Waals surface area contributed by atoms with E-state index in [0.717, 1.165) is 5.69 Å². The minimum Gasteiger partial charge on any atom is -0.495 e. The van der Waals surface area contributed by atoms with Gasteiger partial charge in [0.25, 0.3) is 0 Å². The quantitative estimate of drug-likeness (QED) is 0.463. The van der Waals surface area contributed by atoms with Gasteiger partial charge in [-0.2, -0.15) is 0 Å². The number of aromatic nitrogens is 2. The fourth-order valence-electron chi connectivity index (χ4n) is 2.22. The van der Waals surface area contributed by atoms with Crippen molar-refractivity contribution in [3.8, 4) is 5.75 Å². The molecule has 5 nitrogen and oxygen atoms in total. The number of thioether (sulfide) groups is 1. The highest BCUT2D eigenvalue weighted by Crippen LogP contribution is 2.33. The molecular weight excluding hydrogens is 373 g/mol. The molecule has 1 unspecified atom stereocenters. The number of Topliss-reactive ketones (excluding diaryl/α,β-unsaturated/α-hetero) is 1. The van der Waals surface area contributed by atoms with Gasteiger partial charge >= 0.3 is 0 Å². The average molecular weight is 389 g/mol. The lowest BCUT2D eigenvalue weighted by molar-refractivity contribution is 0.0994. The first-order valence-corrected chi connectivity index (χ1v) is 9.46. The monoisotopic (exact) mass is 389 g/mol. The lowest BCUT2D eigenvalue weighted by atomic mass is 10.1. The third kappa shape index (κ3) is 4.39. The Morgan fingerprint density at radius 3 is 2.65 bits per heavy atom. The molecule has 1 atom stereocenters. The van der Waals surface area contributed by atoms with Crippen LogP contribution in [0.5, 0.6) is 5.75 Å². The molecule has 0 spiro atoms. The Morgan fingerprint density at radius 1 is 1.19 bits per heavy atom. The molecule has 0 fully saturated rings. The number of anilines is 2. The first-order valence-electron chi connectivity index (χ1n) is 7.77. The summed E-state index contributed by atoms with van der Waals surface area (Å²) in [5, 5.41) is 11.6. The van der Waals surface area contributed by atoms with Gasteiger partial charge in [-0.25, -0.2) is 4.39 Å². The van der Waals surface area contributed by atoms with Crippen molar-refractivity contribution in [1.29, 1.82) is 0 Å². The number of hydrogen-bond acceptors (Lipinski definition) is 7. The second-order valence-corrected chi connectivity index (χ2v) is 7.90. The molecular formula is C18H16FN3O2S2. The largest absolute Gasteiger partial charge is 0.495 e. The molecule has 8 heteroatoms. The fourth-order valence-corrected chi connectivity index (χ4v) is 4.21. The van der Waals surface area contributed by atoms with E-state index in [4.69, 9.17) is 4.74 Å². The molecule has 0 aliphatic rings. The Balaban J connectivity index is 1.66. The van der Waals surface area contributed by atoms with Gasteiger partial charge in [0.2, 0.25) is 5.13 Å². The maximum absolute atomic E-state index is 13.0. The third-order valence-electron chi connectivity index (χ3n) is 3.53. The van der Waals surface area contributed by atoms with E-state index >= 15 is 0 Å². The minimum absolute atomic E-state index is 0.0792. The molecule has 0 radical (unpaired) electrons. The van der Waals surface area contributed by atoms with E-state index in [2.05, 4.69) is 15.5 Å². The van der Waals surface area contributed by atoms with Gasteiger partial charge in [-0.05, 0) is 43.3 Å². The molecule has 0 bridgehead atoms. The topological polar surface area (TPSA) is 64.1 Å². The lowest BCUT2D eigenvalue weighted by Crippen LogP contribution is -2.13. The average Bonchev–Trinajstić information content (AvgIpc) is 3.09. The van der Waals surface area contributed by atoms with Crippen LogP contribution in [0.2, 0.25) is 0 Å². The molecule has 1 N–H and O–H groups in total. The van der Waals surface area contributed by atoms with E-state index in [0.29, 0.717) is 20.8 Å². The van der Waals surface area contributed by atoms with Crippen LogP contribution < -0.4 is 10.1 Å². The number of ketones is 1. The van der Waals surface area contributed by atoms with Gasteiger partial charge in [-0.15, -0.1) is 10.2 Å². The lowest BCUT2D eigenvalue weighted by Gasteiger charge is -2.08. The van der Waals surface area contributed by atoms with Gasteiger partial charge in [0.15, 0.2) is 10.1 Å². The minimum atomic E-state index is -0.363. The van der Waals surface area contributed by atoms with Crippen LogP contribution in [0.15, 0.2) is 52.9 Å². The zero-order valence-electron chi connectivity index (χ0n) is 14.1. The number of methoxy groups -OCH3 is 1. The molecule has 2 aromatic carbocycles. The molecule has 0 aliphatic carbocycles. The van der Waals surface area contributed by atoms with Crippen LogP contribution in [0, 0.1) is 5.82 Å². The number of carbonyl (C=O) groups excluding carboxylic acids is 1. The van der Waals surface area contributed by atoms with Gasteiger partial charge in [0, 0.05) is 5.56 Å². The number of benzene rings is 2. The predicted molar refractivity (Wildman–Crippen MR) is 102 cm³/mol. The van der Waals surface area contributed by atoms with Crippen molar-refractivity contribution in [3.63, 3.8) is 0 Å². The normalized spacial score (nSPS) is 11.8. The van der Waals surface area contributed by atoms with Crippen LogP contribution in [0.1, 0.15) is 17.3 Å². The molecule has 1 heterocycles. The summed E-state index contributed by atoms with van der Waals surface area (Å²) < 4.78 is 19.0. The molecule has 26 heavy (non-hydrogen) atoms. The Labute approximate surface area is 158 Å². The number of halogens is 1. The second-order valence-electron chi connectivity index (χ2n) is 5.33. The highest BCUT2D eigenvalue weighted by atomic mass is 32.2. The Bertz CT molecular complexity index is 899. The van der Waals surface area contributed by atoms with Gasteiger partial charge in [-0.1, -0.05) is 35.2 Å². The summed E-state index contributed by atoms with van der Waals surface area (Å²) >= 11 is 2.67. The molecule has 0 saturated heterocycles. The summed E-state index contributed by atoms with van der Waals surface area (Å²) in [6.07, 6.45) is 0. The molecule has 134 valence electrons. The van der Waals surface area contributed by atoms with Crippen LogP contribution in [0.3, 0.4) is 0 Å². The number of nitrogens with one attached hydrogen (secondary N) is 1. The van der Waals surface area contributed by atoms with Crippen LogP contribution >= 0.6 is 23.1 Å². The highest BCUT2D eigenvalue weighted by Gasteiger charge is 2.19. The first-order chi connectivity index (χ1) is 12.6. The predicted octanol–water partition coefficient (Wildman–Crippen LogP) is 4.79. The van der Waals surface area contributed by atoms with Crippen molar-refractivity contribution in [3.05, 3.63) is 59.9 Å². The van der Waals surface area contributed by atoms with Gasteiger partial charge in [0.05, 0.1) is 18.0 Å². The van der Waals surface area contributed by atoms with Crippen molar-refractivity contribution in [1.82, 2.24) is 10.2 Å². The van der Waals surface area contributed by atoms with Gasteiger partial charge in [0.1, 0.15) is 11.6 Å². The summed E-state index contributed by atoms with van der Waals surface area (Å²) in [4.78, 5) is 12.4. The van der Waals surface area contributed by atoms with E-state index < -0.39 is 0 Å². The molecule has 0 amide bonds. The fraction of sp³-hybridized carbons (Fsp3) is 0.167. The van der Waals surface area contributed by atoms with E-state index in [1.807, 2.05) is 24.3 Å². The smallest absolute Gasteiger partial charge is 0.210 e. The summed E-state index contributed by atoms with van der Waals surface area (Å²) in [6.45, 7) is 1.80. The summed E-state index contributed by atoms with van der Waals surface area (Å²) in [6, 6.07) is 13.1.